The van der Waals surface area contributed by atoms with Crippen LogP contribution in [0.5, 0.6) is 0 Å². The largest absolute Gasteiger partial charge is 0.327 e. The van der Waals surface area contributed by atoms with E-state index in [1.807, 2.05) is 0 Å². The maximum atomic E-state index is 14.0. The molecule has 0 radical (unpaired) electrons. The molecule has 0 unspecified atom stereocenters. The van der Waals surface area contributed by atoms with Crippen LogP contribution in [-0.2, 0) is 16.6 Å². The van der Waals surface area contributed by atoms with Gasteiger partial charge in [0.05, 0.1) is 0 Å². The summed E-state index contributed by atoms with van der Waals surface area (Å²) in [5, 5.41) is 0. The molecule has 0 aliphatic rings. The van der Waals surface area contributed by atoms with Gasteiger partial charge < -0.3 is 4.74 Å². The summed E-state index contributed by atoms with van der Waals surface area (Å²) in [6.07, 6.45) is -7.14. The normalized spacial score (nSPS) is 15.0. The van der Waals surface area contributed by atoms with Gasteiger partial charge in [-0.15, -0.1) is 0 Å². The maximum Gasteiger partial charge on any atom is 0.327 e. The van der Waals surface area contributed by atoms with Gasteiger partial charge >= 0.3 is 11.8 Å². The second kappa shape index (κ2) is 7.07. The molecule has 0 aliphatic carbocycles. The number of hydrogen-bond acceptors (Lipinski definition) is 1. The first-order valence-corrected chi connectivity index (χ1v) is 7.38. The van der Waals surface area contributed by atoms with Gasteiger partial charge in [0, 0.05) is 11.1 Å². The summed E-state index contributed by atoms with van der Waals surface area (Å²) in [5.74, 6) is -8.55. The molecule has 0 aliphatic heterocycles. The molecule has 1 nitrogen and oxygen atoms in total. The van der Waals surface area contributed by atoms with Crippen molar-refractivity contribution in [3.8, 4) is 0 Å². The van der Waals surface area contributed by atoms with Crippen molar-refractivity contribution in [2.24, 2.45) is 0 Å². The molecule has 0 saturated heterocycles. The highest BCUT2D eigenvalue weighted by atomic mass is 19.3. The number of aryl methyl sites for hydroxylation is 2. The summed E-state index contributed by atoms with van der Waals surface area (Å²) >= 11 is 0. The van der Waals surface area contributed by atoms with Gasteiger partial charge in [0.2, 0.25) is 0 Å². The second-order valence-electron chi connectivity index (χ2n) is 5.75. The van der Waals surface area contributed by atoms with Crippen molar-refractivity contribution >= 4 is 0 Å². The average Bonchev–Trinajstić information content (AvgIpc) is 2.55. The van der Waals surface area contributed by atoms with E-state index in [4.69, 9.17) is 0 Å². The molecule has 0 heterocycles. The molecule has 25 heavy (non-hydrogen) atoms. The Balaban J connectivity index is 2.16. The van der Waals surface area contributed by atoms with Crippen LogP contribution >= 0.6 is 0 Å². The third-order valence-corrected chi connectivity index (χ3v) is 3.68. The second-order valence-corrected chi connectivity index (χ2v) is 5.75. The highest BCUT2D eigenvalue weighted by Crippen LogP contribution is 2.40. The average molecular weight is 362 g/mol. The summed E-state index contributed by atoms with van der Waals surface area (Å²) in [7, 11) is 0. The summed E-state index contributed by atoms with van der Waals surface area (Å²) in [4.78, 5) is 0. The molecule has 2 aromatic rings. The van der Waals surface area contributed by atoms with E-state index in [1.54, 1.807) is 13.8 Å². The molecular weight excluding hydrogens is 346 g/mol. The van der Waals surface area contributed by atoms with E-state index in [0.717, 1.165) is 24.3 Å². The van der Waals surface area contributed by atoms with Gasteiger partial charge in [-0.05, 0) is 13.8 Å². The van der Waals surface area contributed by atoms with E-state index in [1.165, 1.54) is 24.3 Å². The van der Waals surface area contributed by atoms with Crippen LogP contribution in [0.3, 0.4) is 0 Å². The quantitative estimate of drug-likeness (QED) is 0.591. The molecule has 0 saturated carbocycles. The van der Waals surface area contributed by atoms with Gasteiger partial charge in [-0.2, -0.15) is 17.6 Å². The van der Waals surface area contributed by atoms with Crippen LogP contribution in [-0.4, -0.2) is 12.7 Å². The van der Waals surface area contributed by atoms with Gasteiger partial charge in [-0.25, -0.2) is 8.78 Å². The van der Waals surface area contributed by atoms with E-state index in [9.17, 15) is 26.3 Å². The minimum Gasteiger partial charge on any atom is -0.303 e. The first-order chi connectivity index (χ1) is 11.5. The Morgan fingerprint density at radius 1 is 0.640 bits per heavy atom. The third-order valence-electron chi connectivity index (χ3n) is 3.68. The fourth-order valence-electron chi connectivity index (χ4n) is 2.09. The van der Waals surface area contributed by atoms with Crippen LogP contribution in [0.2, 0.25) is 0 Å². The Hall–Kier alpha value is -2.02. The van der Waals surface area contributed by atoms with Crippen molar-refractivity contribution in [1.29, 1.82) is 0 Å². The Labute approximate surface area is 141 Å². The molecule has 0 aromatic heterocycles. The van der Waals surface area contributed by atoms with Gasteiger partial charge in [-0.1, -0.05) is 59.7 Å². The lowest BCUT2D eigenvalue weighted by atomic mass is 10.1. The molecule has 0 amide bonds. The number of rotatable bonds is 6. The maximum absolute atomic E-state index is 14.0. The van der Waals surface area contributed by atoms with E-state index >= 15 is 0 Å². The molecule has 2 atom stereocenters. The van der Waals surface area contributed by atoms with Crippen molar-refractivity contribution in [2.45, 2.75) is 38.4 Å². The Kier molecular flexibility index (Phi) is 5.46. The van der Waals surface area contributed by atoms with E-state index in [-0.39, 0.29) is 0 Å². The van der Waals surface area contributed by atoms with Crippen LogP contribution in [0.4, 0.5) is 26.3 Å². The number of hydrogen-bond donors (Lipinski definition) is 0. The third kappa shape index (κ3) is 4.15. The Morgan fingerprint density at radius 3 is 1.20 bits per heavy atom. The summed E-state index contributed by atoms with van der Waals surface area (Å²) in [5.41, 5.74) is -0.303. The first-order valence-electron chi connectivity index (χ1n) is 7.38. The molecule has 0 fully saturated rings. The first kappa shape index (κ1) is 19.3. The van der Waals surface area contributed by atoms with Crippen molar-refractivity contribution in [2.75, 3.05) is 0 Å². The number of benzene rings is 2. The Morgan fingerprint density at radius 2 is 0.920 bits per heavy atom. The zero-order valence-electron chi connectivity index (χ0n) is 13.4. The van der Waals surface area contributed by atoms with Crippen LogP contribution in [0.15, 0.2) is 48.5 Å². The van der Waals surface area contributed by atoms with Crippen LogP contribution < -0.4 is 0 Å². The molecule has 0 N–H and O–H groups in total. The number of ether oxygens (including phenoxy) is 1. The molecule has 7 heteroatoms. The topological polar surface area (TPSA) is 9.23 Å². The van der Waals surface area contributed by atoms with Crippen molar-refractivity contribution < 1.29 is 31.1 Å². The minimum absolute atomic E-state index is 0.644. The van der Waals surface area contributed by atoms with E-state index in [0.29, 0.717) is 11.1 Å². The van der Waals surface area contributed by atoms with Crippen LogP contribution in [0.1, 0.15) is 22.3 Å². The molecule has 2 rings (SSSR count). The van der Waals surface area contributed by atoms with Gasteiger partial charge in [0.25, 0.3) is 12.7 Å². The highest BCUT2D eigenvalue weighted by Gasteiger charge is 2.50. The van der Waals surface area contributed by atoms with Crippen LogP contribution in [0, 0.1) is 13.8 Å². The number of halogens is 6. The lowest BCUT2D eigenvalue weighted by Gasteiger charge is -2.26. The molecule has 0 spiro atoms. The van der Waals surface area contributed by atoms with Crippen molar-refractivity contribution in [3.63, 3.8) is 0 Å². The van der Waals surface area contributed by atoms with E-state index in [2.05, 4.69) is 4.74 Å². The highest BCUT2D eigenvalue weighted by molar-refractivity contribution is 5.26. The fourth-order valence-corrected chi connectivity index (χ4v) is 2.09. The van der Waals surface area contributed by atoms with E-state index < -0.39 is 35.7 Å². The predicted molar refractivity (Wildman–Crippen MR) is 81.0 cm³/mol. The number of alkyl halides is 6. The summed E-state index contributed by atoms with van der Waals surface area (Å²) < 4.78 is 87.2. The van der Waals surface area contributed by atoms with Crippen molar-refractivity contribution in [3.05, 3.63) is 70.8 Å². The van der Waals surface area contributed by atoms with Crippen LogP contribution in [0.25, 0.3) is 0 Å². The Bertz CT molecular complexity index is 635. The summed E-state index contributed by atoms with van der Waals surface area (Å²) in [6.45, 7) is 3.26. The monoisotopic (exact) mass is 362 g/mol. The fraction of sp³-hybridized carbons (Fsp3) is 0.333. The SMILES string of the molecule is Cc1ccc(C(F)(F)[C@H](F)O[C@@H](F)C(F)(F)c2ccc(C)cc2)cc1. The molecular formula is C18H16F6O. The zero-order valence-corrected chi connectivity index (χ0v) is 13.4. The standard InChI is InChI=1S/C18H16F6O/c1-11-3-7-13(8-4-11)17(21,22)15(19)25-16(20)18(23,24)14-9-5-12(2)6-10-14/h3-10,15-16H,1-2H3/t15-,16-/m1/s1. The van der Waals surface area contributed by atoms with Gasteiger partial charge in [-0.3, -0.25) is 0 Å². The molecule has 0 bridgehead atoms. The minimum atomic E-state index is -4.28. The molecule has 136 valence electrons. The summed E-state index contributed by atoms with van der Waals surface area (Å²) in [6, 6.07) is 8.89. The van der Waals surface area contributed by atoms with Crippen molar-refractivity contribution in [1.82, 2.24) is 0 Å². The lowest BCUT2D eigenvalue weighted by molar-refractivity contribution is -0.295. The predicted octanol–water partition coefficient (Wildman–Crippen LogP) is 5.80. The molecule has 2 aromatic carbocycles. The lowest BCUT2D eigenvalue weighted by Crippen LogP contribution is -2.38. The van der Waals surface area contributed by atoms with Gasteiger partial charge in [0.15, 0.2) is 0 Å². The zero-order chi connectivity index (χ0) is 18.8. The smallest absolute Gasteiger partial charge is 0.303 e. The van der Waals surface area contributed by atoms with Gasteiger partial charge in [0.1, 0.15) is 0 Å².